The van der Waals surface area contributed by atoms with Gasteiger partial charge in [0.25, 0.3) is 0 Å². The Hall–Kier alpha value is -1.57. The van der Waals surface area contributed by atoms with Gasteiger partial charge < -0.3 is 0 Å². The topological polar surface area (TPSA) is 7.12 Å². The summed E-state index contributed by atoms with van der Waals surface area (Å²) in [5, 5.41) is 0. The summed E-state index contributed by atoms with van der Waals surface area (Å²) in [5.41, 5.74) is 6.88. The molecule has 4 heteroatoms. The van der Waals surface area contributed by atoms with Crippen LogP contribution < -0.4 is 13.9 Å². The van der Waals surface area contributed by atoms with E-state index in [1.54, 1.807) is 0 Å². The maximum atomic E-state index is 2.50. The van der Waals surface area contributed by atoms with Crippen molar-refractivity contribution >= 4 is 55.5 Å². The Balaban J connectivity index is 1.71. The van der Waals surface area contributed by atoms with Crippen LogP contribution in [0, 0.1) is 13.8 Å². The molecule has 1 aliphatic heterocycles. The Morgan fingerprint density at radius 1 is 1.07 bits per heavy atom. The summed E-state index contributed by atoms with van der Waals surface area (Å²) < 4.78 is 8.48. The Kier molecular flexibility index (Phi) is 5.67. The average Bonchev–Trinajstić information content (AvgIpc) is 3.17. The molecule has 3 aromatic rings. The van der Waals surface area contributed by atoms with Gasteiger partial charge in [-0.3, -0.25) is 0 Å². The molecule has 2 heterocycles. The molecular formula is C24H27N2Se2+. The van der Waals surface area contributed by atoms with Gasteiger partial charge in [0.1, 0.15) is 0 Å². The molecule has 0 atom stereocenters. The molecule has 0 fully saturated rings. The summed E-state index contributed by atoms with van der Waals surface area (Å²) in [6.07, 6.45) is 4.84. The second kappa shape index (κ2) is 8.05. The molecule has 0 aliphatic carbocycles. The van der Waals surface area contributed by atoms with Crippen molar-refractivity contribution in [2.24, 2.45) is 0 Å². The van der Waals surface area contributed by atoms with Gasteiger partial charge in [0.2, 0.25) is 0 Å². The van der Waals surface area contributed by atoms with Gasteiger partial charge >= 0.3 is 181 Å². The van der Waals surface area contributed by atoms with Crippen molar-refractivity contribution in [3.05, 3.63) is 68.3 Å². The minimum atomic E-state index is 0.393. The van der Waals surface area contributed by atoms with Crippen molar-refractivity contribution < 1.29 is 4.57 Å². The van der Waals surface area contributed by atoms with E-state index in [0.717, 1.165) is 13.1 Å². The van der Waals surface area contributed by atoms with Gasteiger partial charge in [-0.2, -0.15) is 0 Å². The van der Waals surface area contributed by atoms with Crippen LogP contribution in [-0.4, -0.2) is 36.0 Å². The third-order valence-corrected chi connectivity index (χ3v) is 9.77. The number of benzene rings is 2. The minimum absolute atomic E-state index is 0.393. The first-order valence-electron chi connectivity index (χ1n) is 9.89. The van der Waals surface area contributed by atoms with E-state index in [2.05, 4.69) is 92.6 Å². The molecule has 0 N–H and O–H groups in total. The SMILES string of the molecule is CCN1C(=CC(C)=Cc2[se]c3ccc(C)cc3[n+]2CC)[Se]c2ccc(C)cc21. The number of anilines is 1. The van der Waals surface area contributed by atoms with E-state index < -0.39 is 0 Å². The van der Waals surface area contributed by atoms with Crippen LogP contribution in [0.15, 0.2) is 52.6 Å². The number of aromatic nitrogens is 1. The van der Waals surface area contributed by atoms with Crippen molar-refractivity contribution in [1.29, 1.82) is 0 Å². The molecule has 0 saturated carbocycles. The number of fused-ring (bicyclic) bond motifs is 2. The molecule has 0 spiro atoms. The summed E-state index contributed by atoms with van der Waals surface area (Å²) in [4.78, 5) is 2.50. The van der Waals surface area contributed by atoms with Crippen LogP contribution in [0.2, 0.25) is 0 Å². The molecule has 0 unspecified atom stereocenters. The van der Waals surface area contributed by atoms with Crippen molar-refractivity contribution in [1.82, 2.24) is 0 Å². The predicted molar refractivity (Wildman–Crippen MR) is 123 cm³/mol. The molecular weight excluding hydrogens is 474 g/mol. The fourth-order valence-electron chi connectivity index (χ4n) is 3.72. The van der Waals surface area contributed by atoms with Gasteiger partial charge in [-0.1, -0.05) is 0 Å². The zero-order chi connectivity index (χ0) is 19.8. The quantitative estimate of drug-likeness (QED) is 0.388. The summed E-state index contributed by atoms with van der Waals surface area (Å²) in [6, 6.07) is 13.8. The van der Waals surface area contributed by atoms with Gasteiger partial charge in [0, 0.05) is 0 Å². The van der Waals surface area contributed by atoms with E-state index in [-0.39, 0.29) is 0 Å². The fraction of sp³-hybridized carbons (Fsp3) is 0.292. The standard InChI is InChI=1S/C24H27N2Se2/c1-6-25-19-12-16(3)8-10-21(19)27-23(25)14-18(5)15-24-26(7-2)20-13-17(4)9-11-22(20)28-24/h8-15H,6-7H2,1-5H3/q+1. The third kappa shape index (κ3) is 3.67. The number of rotatable bonds is 4. The molecule has 2 aromatic carbocycles. The Morgan fingerprint density at radius 2 is 1.82 bits per heavy atom. The normalized spacial score (nSPS) is 15.7. The maximum absolute atomic E-state index is 2.50. The fourth-order valence-corrected chi connectivity index (χ4v) is 8.83. The number of aryl methyl sites for hydroxylation is 3. The van der Waals surface area contributed by atoms with E-state index in [0.29, 0.717) is 29.5 Å². The van der Waals surface area contributed by atoms with Gasteiger partial charge in [0.15, 0.2) is 0 Å². The van der Waals surface area contributed by atoms with Gasteiger partial charge in [0.05, 0.1) is 0 Å². The zero-order valence-electron chi connectivity index (χ0n) is 17.2. The molecule has 144 valence electrons. The monoisotopic (exact) mass is 503 g/mol. The van der Waals surface area contributed by atoms with Crippen LogP contribution >= 0.6 is 0 Å². The number of hydrogen-bond acceptors (Lipinski definition) is 1. The number of allylic oxidation sites excluding steroid dienone is 2. The summed E-state index contributed by atoms with van der Waals surface area (Å²) in [7, 11) is 0. The van der Waals surface area contributed by atoms with E-state index in [1.807, 2.05) is 0 Å². The first-order valence-corrected chi connectivity index (χ1v) is 13.3. The molecule has 4 rings (SSSR count). The van der Waals surface area contributed by atoms with Crippen LogP contribution in [0.4, 0.5) is 5.69 Å². The Morgan fingerprint density at radius 3 is 2.57 bits per heavy atom. The van der Waals surface area contributed by atoms with Crippen LogP contribution in [0.5, 0.6) is 0 Å². The van der Waals surface area contributed by atoms with E-state index in [9.17, 15) is 0 Å². The molecule has 28 heavy (non-hydrogen) atoms. The average molecular weight is 501 g/mol. The Labute approximate surface area is 180 Å². The molecule has 2 nitrogen and oxygen atoms in total. The first kappa shape index (κ1) is 19.7. The van der Waals surface area contributed by atoms with E-state index in [4.69, 9.17) is 0 Å². The van der Waals surface area contributed by atoms with Crippen LogP contribution in [0.1, 0.15) is 36.5 Å². The third-order valence-electron chi connectivity index (χ3n) is 5.11. The summed E-state index contributed by atoms with van der Waals surface area (Å²) in [6.45, 7) is 13.2. The first-order chi connectivity index (χ1) is 13.5. The van der Waals surface area contributed by atoms with Crippen LogP contribution in [-0.2, 0) is 6.54 Å². The van der Waals surface area contributed by atoms with Gasteiger partial charge in [-0.15, -0.1) is 0 Å². The van der Waals surface area contributed by atoms with Crippen molar-refractivity contribution in [2.45, 2.75) is 41.2 Å². The van der Waals surface area contributed by atoms with Gasteiger partial charge in [-0.25, -0.2) is 0 Å². The second-order valence-corrected chi connectivity index (χ2v) is 11.8. The zero-order valence-corrected chi connectivity index (χ0v) is 20.7. The van der Waals surface area contributed by atoms with Crippen LogP contribution in [0.3, 0.4) is 0 Å². The van der Waals surface area contributed by atoms with Crippen molar-refractivity contribution in [3.63, 3.8) is 0 Å². The number of nitrogens with zero attached hydrogens (tertiary/aromatic N) is 2. The van der Waals surface area contributed by atoms with Crippen molar-refractivity contribution in [2.75, 3.05) is 11.4 Å². The molecule has 0 radical (unpaired) electrons. The second-order valence-electron chi connectivity index (χ2n) is 7.34. The molecule has 1 aliphatic rings. The Bertz CT molecular complexity index is 1110. The van der Waals surface area contributed by atoms with E-state index in [1.165, 1.54) is 45.8 Å². The molecule has 0 saturated heterocycles. The van der Waals surface area contributed by atoms with Crippen LogP contribution in [0.25, 0.3) is 15.9 Å². The molecule has 0 amide bonds. The predicted octanol–water partition coefficient (Wildman–Crippen LogP) is 3.94. The summed E-state index contributed by atoms with van der Waals surface area (Å²) in [5.74, 6) is 0. The number of hydrogen-bond donors (Lipinski definition) is 0. The molecule has 0 bridgehead atoms. The van der Waals surface area contributed by atoms with E-state index >= 15 is 0 Å². The molecule has 1 aromatic heterocycles. The van der Waals surface area contributed by atoms with Crippen molar-refractivity contribution in [3.8, 4) is 0 Å². The summed E-state index contributed by atoms with van der Waals surface area (Å²) >= 11 is 0.786. The van der Waals surface area contributed by atoms with Gasteiger partial charge in [-0.05, 0) is 0 Å².